The number of allylic oxidation sites excluding steroid dienone is 2. The first kappa shape index (κ1) is 25.5. The molecule has 35 heavy (non-hydrogen) atoms. The Bertz CT molecular complexity index is 1130. The summed E-state index contributed by atoms with van der Waals surface area (Å²) in [7, 11) is 0. The molecule has 1 saturated heterocycles. The van der Waals surface area contributed by atoms with Crippen molar-refractivity contribution >= 4 is 47.4 Å². The fourth-order valence-corrected chi connectivity index (χ4v) is 5.01. The van der Waals surface area contributed by atoms with Gasteiger partial charge in [0.1, 0.15) is 0 Å². The Morgan fingerprint density at radius 1 is 0.943 bits per heavy atom. The van der Waals surface area contributed by atoms with E-state index in [0.717, 1.165) is 57.8 Å². The van der Waals surface area contributed by atoms with Crippen LogP contribution in [0.25, 0.3) is 6.08 Å². The van der Waals surface area contributed by atoms with Crippen molar-refractivity contribution in [1.82, 2.24) is 4.90 Å². The molecule has 1 heterocycles. The molecule has 0 radical (unpaired) electrons. The van der Waals surface area contributed by atoms with E-state index < -0.39 is 0 Å². The van der Waals surface area contributed by atoms with Gasteiger partial charge >= 0.3 is 0 Å². The molecule has 4 rings (SSSR count). The van der Waals surface area contributed by atoms with E-state index in [4.69, 9.17) is 27.9 Å². The Hall–Kier alpha value is -2.60. The average Bonchev–Trinajstić information content (AvgIpc) is 3.27. The molecule has 0 unspecified atom stereocenters. The lowest BCUT2D eigenvalue weighted by Gasteiger charge is -2.31. The minimum Gasteiger partial charge on any atom is -0.378 e. The van der Waals surface area contributed by atoms with E-state index in [1.807, 2.05) is 12.3 Å². The molecule has 1 aliphatic heterocycles. The number of morpholine rings is 1. The van der Waals surface area contributed by atoms with E-state index in [1.165, 1.54) is 28.1 Å². The number of halogens is 2. The first-order valence-electron chi connectivity index (χ1n) is 12.2. The molecule has 1 fully saturated rings. The first-order chi connectivity index (χ1) is 17.1. The molecule has 0 N–H and O–H groups in total. The summed E-state index contributed by atoms with van der Waals surface area (Å²) in [5, 5.41) is 9.75. The second kappa shape index (κ2) is 12.4. The van der Waals surface area contributed by atoms with Crippen LogP contribution in [0, 0.1) is 0 Å². The van der Waals surface area contributed by atoms with Crippen molar-refractivity contribution in [3.05, 3.63) is 80.5 Å². The zero-order valence-corrected chi connectivity index (χ0v) is 21.9. The van der Waals surface area contributed by atoms with Gasteiger partial charge in [0.05, 0.1) is 30.7 Å². The summed E-state index contributed by atoms with van der Waals surface area (Å²) in [5.74, 6) is 0. The number of hydrogen-bond acceptors (Lipinski definition) is 5. The van der Waals surface area contributed by atoms with Crippen molar-refractivity contribution < 1.29 is 4.74 Å². The van der Waals surface area contributed by atoms with Crippen LogP contribution in [-0.4, -0.2) is 56.7 Å². The maximum atomic E-state index is 6.23. The van der Waals surface area contributed by atoms with Crippen molar-refractivity contribution in [2.24, 2.45) is 10.2 Å². The van der Waals surface area contributed by atoms with Gasteiger partial charge in [0.15, 0.2) is 0 Å². The van der Waals surface area contributed by atoms with Gasteiger partial charge in [0.25, 0.3) is 0 Å². The smallest absolute Gasteiger partial charge is 0.0642 e. The molecule has 1 aliphatic carbocycles. The Labute approximate surface area is 218 Å². The minimum absolute atomic E-state index is 0.558. The zero-order chi connectivity index (χ0) is 24.6. The summed E-state index contributed by atoms with van der Waals surface area (Å²) in [6.45, 7) is 9.65. The molecule has 0 saturated carbocycles. The topological polar surface area (TPSA) is 40.4 Å². The maximum Gasteiger partial charge on any atom is 0.0642 e. The fourth-order valence-electron chi connectivity index (χ4n) is 4.55. The summed E-state index contributed by atoms with van der Waals surface area (Å²) in [4.78, 5) is 4.78. The summed E-state index contributed by atoms with van der Waals surface area (Å²) < 4.78 is 5.60. The molecular formula is C28H32Cl2N4O. The Morgan fingerprint density at radius 2 is 1.66 bits per heavy atom. The predicted molar refractivity (Wildman–Crippen MR) is 149 cm³/mol. The zero-order valence-electron chi connectivity index (χ0n) is 20.4. The fraction of sp³-hybridized carbons (Fsp3) is 0.357. The first-order valence-corrected chi connectivity index (χ1v) is 13.0. The number of ether oxygens (including phenoxy) is 1. The molecule has 5 nitrogen and oxygen atoms in total. The van der Waals surface area contributed by atoms with Gasteiger partial charge in [0, 0.05) is 48.1 Å². The second-order valence-corrected chi connectivity index (χ2v) is 9.41. The Kier molecular flexibility index (Phi) is 9.02. The lowest BCUT2D eigenvalue weighted by Crippen LogP contribution is -2.36. The van der Waals surface area contributed by atoms with Crippen LogP contribution < -0.4 is 4.90 Å². The van der Waals surface area contributed by atoms with Gasteiger partial charge in [-0.05, 0) is 73.7 Å². The molecule has 0 aromatic heterocycles. The molecule has 2 aromatic carbocycles. The van der Waals surface area contributed by atoms with E-state index in [2.05, 4.69) is 64.2 Å². The van der Waals surface area contributed by atoms with Gasteiger partial charge in [-0.3, -0.25) is 0 Å². The van der Waals surface area contributed by atoms with Gasteiger partial charge in [0.2, 0.25) is 0 Å². The highest BCUT2D eigenvalue weighted by atomic mass is 35.5. The minimum atomic E-state index is 0.558. The van der Waals surface area contributed by atoms with Gasteiger partial charge in [-0.15, -0.1) is 0 Å². The highest BCUT2D eigenvalue weighted by Crippen LogP contribution is 2.35. The molecule has 7 heteroatoms. The quantitative estimate of drug-likeness (QED) is 0.292. The van der Waals surface area contributed by atoms with Crippen LogP contribution in [0.2, 0.25) is 10.0 Å². The Balaban J connectivity index is 1.57. The maximum absolute atomic E-state index is 6.23. The molecule has 184 valence electrons. The van der Waals surface area contributed by atoms with Crippen LogP contribution in [0.5, 0.6) is 0 Å². The predicted octanol–water partition coefficient (Wildman–Crippen LogP) is 6.71. The van der Waals surface area contributed by atoms with Crippen molar-refractivity contribution in [2.45, 2.75) is 26.7 Å². The normalized spacial score (nSPS) is 17.9. The van der Waals surface area contributed by atoms with E-state index in [-0.39, 0.29) is 0 Å². The number of nitrogens with zero attached hydrogens (tertiary/aromatic N) is 4. The number of anilines is 1. The molecule has 0 bridgehead atoms. The van der Waals surface area contributed by atoms with Crippen LogP contribution in [0.1, 0.15) is 37.8 Å². The summed E-state index contributed by atoms with van der Waals surface area (Å²) in [6, 6.07) is 14.2. The third kappa shape index (κ3) is 6.54. The Morgan fingerprint density at radius 3 is 2.34 bits per heavy atom. The van der Waals surface area contributed by atoms with Crippen LogP contribution >= 0.6 is 23.2 Å². The average molecular weight is 511 g/mol. The molecule has 2 aromatic rings. The number of benzene rings is 2. The van der Waals surface area contributed by atoms with E-state index >= 15 is 0 Å². The highest BCUT2D eigenvalue weighted by molar-refractivity contribution is 6.36. The molecule has 2 aliphatic rings. The van der Waals surface area contributed by atoms with Crippen LogP contribution in [0.4, 0.5) is 5.69 Å². The number of hydrogen-bond donors (Lipinski definition) is 0. The third-order valence-corrected chi connectivity index (χ3v) is 6.96. The molecule has 0 amide bonds. The van der Waals surface area contributed by atoms with Crippen LogP contribution in [0.3, 0.4) is 0 Å². The summed E-state index contributed by atoms with van der Waals surface area (Å²) in [5.41, 5.74) is 7.08. The van der Waals surface area contributed by atoms with Gasteiger partial charge < -0.3 is 14.5 Å². The van der Waals surface area contributed by atoms with E-state index in [1.54, 1.807) is 18.3 Å². The standard InChI is InChI=1S/C28H32Cl2N4O/c1-3-33(4-2)26-11-5-21(6-12-26)17-22-7-8-24(28(22)34-13-15-35-16-14-34)20-32-31-19-23-9-10-25(29)18-27(23)30/h5-6,9-12,17-20H,3-4,7-8,13-16H2,1-2H3/b22-17+,31-19+,32-20+. The largest absolute Gasteiger partial charge is 0.378 e. The van der Waals surface area contributed by atoms with Crippen molar-refractivity contribution in [3.8, 4) is 0 Å². The second-order valence-electron chi connectivity index (χ2n) is 8.56. The van der Waals surface area contributed by atoms with E-state index in [0.29, 0.717) is 10.0 Å². The summed E-state index contributed by atoms with van der Waals surface area (Å²) >= 11 is 12.2. The lowest BCUT2D eigenvalue weighted by atomic mass is 10.1. The van der Waals surface area contributed by atoms with Crippen LogP contribution in [0.15, 0.2) is 69.5 Å². The van der Waals surface area contributed by atoms with Crippen molar-refractivity contribution in [3.63, 3.8) is 0 Å². The number of rotatable bonds is 8. The third-order valence-electron chi connectivity index (χ3n) is 6.40. The summed E-state index contributed by atoms with van der Waals surface area (Å²) in [6.07, 6.45) is 7.78. The van der Waals surface area contributed by atoms with Gasteiger partial charge in [-0.25, -0.2) is 0 Å². The molecule has 0 spiro atoms. The van der Waals surface area contributed by atoms with Crippen LogP contribution in [-0.2, 0) is 4.74 Å². The SMILES string of the molecule is CCN(CC)c1ccc(/C=C2\CCC(/C=N/N=C/c3ccc(Cl)cc3Cl)=C2N2CCOCC2)cc1. The van der Waals surface area contributed by atoms with Gasteiger partial charge in [-0.1, -0.05) is 41.4 Å². The van der Waals surface area contributed by atoms with Crippen molar-refractivity contribution in [1.29, 1.82) is 0 Å². The van der Waals surface area contributed by atoms with Gasteiger partial charge in [-0.2, -0.15) is 10.2 Å². The highest BCUT2D eigenvalue weighted by Gasteiger charge is 2.25. The van der Waals surface area contributed by atoms with E-state index in [9.17, 15) is 0 Å². The van der Waals surface area contributed by atoms with Crippen molar-refractivity contribution in [2.75, 3.05) is 44.3 Å². The molecular weight excluding hydrogens is 479 g/mol. The molecule has 0 atom stereocenters. The lowest BCUT2D eigenvalue weighted by molar-refractivity contribution is 0.0548. The monoisotopic (exact) mass is 510 g/mol.